The van der Waals surface area contributed by atoms with Gasteiger partial charge in [-0.1, -0.05) is 59.3 Å². The van der Waals surface area contributed by atoms with Crippen molar-refractivity contribution in [2.24, 2.45) is 5.92 Å². The molecule has 0 bridgehead atoms. The fraction of sp³-hybridized carbons (Fsp3) is 0.286. The molecule has 228 valence electrons. The van der Waals surface area contributed by atoms with Gasteiger partial charge in [-0.05, 0) is 74.4 Å². The summed E-state index contributed by atoms with van der Waals surface area (Å²) in [5, 5.41) is 6.99. The number of rotatable bonds is 9. The number of hydrogen-bond acceptors (Lipinski definition) is 5. The molecule has 0 saturated heterocycles. The Kier molecular flexibility index (Phi) is 11.0. The highest BCUT2D eigenvalue weighted by Crippen LogP contribution is 2.35. The number of carbonyl (C=O) groups excluding carboxylic acids is 2. The van der Waals surface area contributed by atoms with Crippen LogP contribution in [0.1, 0.15) is 43.1 Å². The maximum Gasteiger partial charge on any atom is 0.254 e. The summed E-state index contributed by atoms with van der Waals surface area (Å²) in [6, 6.07) is 21.3. The molecule has 2 unspecified atom stereocenters. The number of ether oxygens (including phenoxy) is 2. The van der Waals surface area contributed by atoms with Gasteiger partial charge in [0, 0.05) is 16.6 Å². The molecular formula is C35H35BrFN3O4. The molecule has 0 aromatic heterocycles. The first-order chi connectivity index (χ1) is 21.2. The average molecular weight is 661 g/mol. The number of nitrogens with one attached hydrogen (secondary N) is 2. The predicted molar refractivity (Wildman–Crippen MR) is 174 cm³/mol. The van der Waals surface area contributed by atoms with Crippen LogP contribution in [0.25, 0.3) is 4.85 Å². The molecule has 7 nitrogen and oxygen atoms in total. The highest BCUT2D eigenvalue weighted by molar-refractivity contribution is 9.09. The Morgan fingerprint density at radius 1 is 1.00 bits per heavy atom. The minimum Gasteiger partial charge on any atom is -0.494 e. The number of alkyl halides is 1. The van der Waals surface area contributed by atoms with Crippen LogP contribution in [0.2, 0.25) is 0 Å². The summed E-state index contributed by atoms with van der Waals surface area (Å²) in [4.78, 5) is 29.1. The number of nitrogens with zero attached hydrogens (tertiary/aromatic N) is 1. The summed E-state index contributed by atoms with van der Waals surface area (Å²) in [6.07, 6.45) is 3.68. The van der Waals surface area contributed by atoms with Crippen LogP contribution >= 0.6 is 15.9 Å². The summed E-state index contributed by atoms with van der Waals surface area (Å²) < 4.78 is 25.8. The van der Waals surface area contributed by atoms with Crippen molar-refractivity contribution < 1.29 is 23.5 Å². The van der Waals surface area contributed by atoms with E-state index in [0.717, 1.165) is 28.8 Å². The summed E-state index contributed by atoms with van der Waals surface area (Å²) in [6.45, 7) is 13.8. The first-order valence-corrected chi connectivity index (χ1v) is 15.5. The molecule has 1 heterocycles. The van der Waals surface area contributed by atoms with E-state index in [-0.39, 0.29) is 11.4 Å². The fourth-order valence-electron chi connectivity index (χ4n) is 4.84. The first-order valence-electron chi connectivity index (χ1n) is 14.4. The van der Waals surface area contributed by atoms with Crippen molar-refractivity contribution in [1.29, 1.82) is 0 Å². The Morgan fingerprint density at radius 2 is 1.64 bits per heavy atom. The van der Waals surface area contributed by atoms with E-state index < -0.39 is 29.2 Å². The van der Waals surface area contributed by atoms with Gasteiger partial charge < -0.3 is 20.1 Å². The quantitative estimate of drug-likeness (QED) is 0.180. The minimum absolute atomic E-state index is 0.0677. The lowest BCUT2D eigenvalue weighted by Crippen LogP contribution is -2.44. The van der Waals surface area contributed by atoms with Gasteiger partial charge in [0.25, 0.3) is 5.91 Å². The SMILES string of the molecule is CCCOc1ccc(C(C)(C)NC(=O)C2=CC3Nc4ccccc4C(=O)C3C=C2F)cc1.[C-]#[N+]c1ccc(OCCBr)cc1. The molecule has 1 aliphatic carbocycles. The van der Waals surface area contributed by atoms with E-state index in [1.165, 1.54) is 12.2 Å². The Hall–Kier alpha value is -4.42. The van der Waals surface area contributed by atoms with Crippen LogP contribution in [0.5, 0.6) is 11.5 Å². The van der Waals surface area contributed by atoms with E-state index >= 15 is 0 Å². The van der Waals surface area contributed by atoms with E-state index in [1.807, 2.05) is 57.2 Å². The van der Waals surface area contributed by atoms with Crippen molar-refractivity contribution in [3.8, 4) is 11.5 Å². The molecule has 5 rings (SSSR count). The molecule has 3 aromatic rings. The zero-order valence-corrected chi connectivity index (χ0v) is 26.5. The third-order valence-electron chi connectivity index (χ3n) is 7.16. The van der Waals surface area contributed by atoms with Crippen LogP contribution in [0.3, 0.4) is 0 Å². The number of benzene rings is 3. The van der Waals surface area contributed by atoms with Gasteiger partial charge in [-0.2, -0.15) is 0 Å². The molecule has 0 fully saturated rings. The molecule has 0 radical (unpaired) electrons. The standard InChI is InChI=1S/C26H27FN2O3.C9H8BrNO/c1-4-13-32-17-11-9-16(10-12-17)26(2,3)29-25(31)19-15-23-20(14-21(19)27)24(30)18-7-5-6-8-22(18)28-23;1-11-8-2-4-9(5-3-8)12-7-6-10/h5-12,14-15,20,23,28H,4,13H2,1-3H3,(H,29,31);2-5H,6-7H2. The topological polar surface area (TPSA) is 81.0 Å². The molecule has 44 heavy (non-hydrogen) atoms. The summed E-state index contributed by atoms with van der Waals surface area (Å²) in [5.41, 5.74) is 1.93. The average Bonchev–Trinajstić information content (AvgIpc) is 3.03. The highest BCUT2D eigenvalue weighted by Gasteiger charge is 2.38. The van der Waals surface area contributed by atoms with E-state index in [1.54, 1.807) is 36.4 Å². The first kappa shape index (κ1) is 32.5. The lowest BCUT2D eigenvalue weighted by atomic mass is 9.81. The molecule has 0 saturated carbocycles. The Balaban J connectivity index is 0.000000309. The van der Waals surface area contributed by atoms with Gasteiger partial charge in [0.05, 0.1) is 42.9 Å². The van der Waals surface area contributed by atoms with Gasteiger partial charge in [-0.15, -0.1) is 0 Å². The van der Waals surface area contributed by atoms with E-state index in [0.29, 0.717) is 30.2 Å². The van der Waals surface area contributed by atoms with Crippen molar-refractivity contribution in [2.75, 3.05) is 23.9 Å². The van der Waals surface area contributed by atoms with Crippen molar-refractivity contribution in [3.05, 3.63) is 119 Å². The molecule has 2 N–H and O–H groups in total. The summed E-state index contributed by atoms with van der Waals surface area (Å²) in [7, 11) is 0. The van der Waals surface area contributed by atoms with Crippen LogP contribution in [0.15, 0.2) is 96.3 Å². The van der Waals surface area contributed by atoms with E-state index in [9.17, 15) is 14.0 Å². The minimum atomic E-state index is -0.735. The number of fused-ring (bicyclic) bond motifs is 2. The number of hydrogen-bond donors (Lipinski definition) is 2. The van der Waals surface area contributed by atoms with Crippen LogP contribution in [-0.4, -0.2) is 36.3 Å². The predicted octanol–water partition coefficient (Wildman–Crippen LogP) is 7.92. The molecule has 1 aliphatic heterocycles. The maximum atomic E-state index is 14.9. The van der Waals surface area contributed by atoms with Gasteiger partial charge in [0.15, 0.2) is 11.5 Å². The van der Waals surface area contributed by atoms with Crippen LogP contribution < -0.4 is 20.1 Å². The number of carbonyl (C=O) groups is 2. The number of halogens is 2. The lowest BCUT2D eigenvalue weighted by Gasteiger charge is -2.33. The number of para-hydroxylation sites is 1. The Bertz CT molecular complexity index is 1580. The summed E-state index contributed by atoms with van der Waals surface area (Å²) in [5.74, 6) is -0.465. The second-order valence-corrected chi connectivity index (χ2v) is 11.6. The third-order valence-corrected chi connectivity index (χ3v) is 7.49. The van der Waals surface area contributed by atoms with E-state index in [4.69, 9.17) is 16.0 Å². The van der Waals surface area contributed by atoms with Crippen LogP contribution in [-0.2, 0) is 10.3 Å². The molecule has 0 spiro atoms. The smallest absolute Gasteiger partial charge is 0.254 e. The zero-order valence-electron chi connectivity index (χ0n) is 24.9. The lowest BCUT2D eigenvalue weighted by molar-refractivity contribution is -0.119. The Morgan fingerprint density at radius 3 is 2.27 bits per heavy atom. The van der Waals surface area contributed by atoms with Crippen molar-refractivity contribution in [2.45, 2.75) is 38.8 Å². The van der Waals surface area contributed by atoms with Crippen molar-refractivity contribution in [1.82, 2.24) is 5.32 Å². The maximum absolute atomic E-state index is 14.9. The number of anilines is 1. The molecule has 2 atom stereocenters. The number of Topliss-reactive ketones (excluding diaryl/α,β-unsaturated/α-hetero) is 1. The normalized spacial score (nSPS) is 16.8. The highest BCUT2D eigenvalue weighted by atomic mass is 79.9. The van der Waals surface area contributed by atoms with Gasteiger partial charge >= 0.3 is 0 Å². The third kappa shape index (κ3) is 7.94. The fourth-order valence-corrected chi connectivity index (χ4v) is 5.00. The largest absolute Gasteiger partial charge is 0.494 e. The Labute approximate surface area is 266 Å². The second-order valence-electron chi connectivity index (χ2n) is 10.8. The monoisotopic (exact) mass is 659 g/mol. The van der Waals surface area contributed by atoms with E-state index in [2.05, 4.69) is 31.4 Å². The zero-order chi connectivity index (χ0) is 31.7. The van der Waals surface area contributed by atoms with Gasteiger partial charge in [0.1, 0.15) is 17.3 Å². The molecule has 2 aliphatic rings. The molecule has 9 heteroatoms. The molecular weight excluding hydrogens is 625 g/mol. The van der Waals surface area contributed by atoms with Gasteiger partial charge in [-0.25, -0.2) is 9.24 Å². The second kappa shape index (κ2) is 14.8. The molecule has 3 aromatic carbocycles. The summed E-state index contributed by atoms with van der Waals surface area (Å²) >= 11 is 3.26. The van der Waals surface area contributed by atoms with Crippen molar-refractivity contribution >= 4 is 39.0 Å². The van der Waals surface area contributed by atoms with Crippen LogP contribution in [0, 0.1) is 12.5 Å². The van der Waals surface area contributed by atoms with Gasteiger partial charge in [-0.3, -0.25) is 9.59 Å². The van der Waals surface area contributed by atoms with Crippen molar-refractivity contribution in [3.63, 3.8) is 0 Å². The molecule has 1 amide bonds. The van der Waals surface area contributed by atoms with Crippen LogP contribution in [0.4, 0.5) is 15.8 Å². The number of ketones is 1. The van der Waals surface area contributed by atoms with Gasteiger partial charge in [0.2, 0.25) is 0 Å². The number of amides is 1.